The molecule has 0 saturated carbocycles. The van der Waals surface area contributed by atoms with Gasteiger partial charge in [-0.3, -0.25) is 9.59 Å². The Labute approximate surface area is 162 Å². The minimum Gasteiger partial charge on any atom is -0.465 e. The Morgan fingerprint density at radius 3 is 2.63 bits per heavy atom. The number of ether oxygens (including phenoxy) is 1. The minimum absolute atomic E-state index is 0.0921. The van der Waals surface area contributed by atoms with Crippen molar-refractivity contribution in [1.29, 1.82) is 0 Å². The average molecular weight is 386 g/mol. The summed E-state index contributed by atoms with van der Waals surface area (Å²) in [5.74, 6) is 0.229. The maximum absolute atomic E-state index is 12.2. The molecule has 0 radical (unpaired) electrons. The molecular weight excluding hydrogens is 366 g/mol. The summed E-state index contributed by atoms with van der Waals surface area (Å²) >= 11 is 5.84. The second-order valence-electron chi connectivity index (χ2n) is 5.92. The molecule has 0 spiro atoms. The van der Waals surface area contributed by atoms with Gasteiger partial charge in [0.1, 0.15) is 12.4 Å². The molecule has 0 aliphatic carbocycles. The third kappa shape index (κ3) is 4.65. The van der Waals surface area contributed by atoms with E-state index in [-0.39, 0.29) is 18.4 Å². The number of fused-ring (bicyclic) bond motifs is 1. The van der Waals surface area contributed by atoms with Gasteiger partial charge in [-0.25, -0.2) is 4.98 Å². The maximum Gasteiger partial charge on any atom is 0.326 e. The van der Waals surface area contributed by atoms with Gasteiger partial charge in [0.05, 0.1) is 17.6 Å². The first-order chi connectivity index (χ1) is 13.1. The largest absolute Gasteiger partial charge is 0.465 e. The lowest BCUT2D eigenvalue weighted by atomic mass is 10.2. The fourth-order valence-electron chi connectivity index (χ4n) is 2.82. The van der Waals surface area contributed by atoms with Crippen molar-refractivity contribution in [2.24, 2.45) is 0 Å². The van der Waals surface area contributed by atoms with Crippen LogP contribution in [-0.2, 0) is 22.5 Å². The first kappa shape index (κ1) is 18.9. The number of carbonyl (C=O) groups is 2. The van der Waals surface area contributed by atoms with Gasteiger partial charge in [0, 0.05) is 23.6 Å². The molecule has 1 N–H and O–H groups in total. The van der Waals surface area contributed by atoms with Gasteiger partial charge in [-0.05, 0) is 43.3 Å². The number of imidazole rings is 1. The zero-order valence-electron chi connectivity index (χ0n) is 14.9. The van der Waals surface area contributed by atoms with Crippen LogP contribution in [0, 0.1) is 0 Å². The van der Waals surface area contributed by atoms with E-state index >= 15 is 0 Å². The van der Waals surface area contributed by atoms with Gasteiger partial charge in [-0.2, -0.15) is 0 Å². The van der Waals surface area contributed by atoms with Gasteiger partial charge in [-0.15, -0.1) is 0 Å². The van der Waals surface area contributed by atoms with Gasteiger partial charge in [0.15, 0.2) is 0 Å². The molecule has 0 bridgehead atoms. The van der Waals surface area contributed by atoms with Crippen molar-refractivity contribution in [2.75, 3.05) is 13.2 Å². The van der Waals surface area contributed by atoms with Gasteiger partial charge >= 0.3 is 5.97 Å². The van der Waals surface area contributed by atoms with E-state index < -0.39 is 0 Å². The van der Waals surface area contributed by atoms with Gasteiger partial charge in [0.25, 0.3) is 5.91 Å². The number of hydrogen-bond acceptors (Lipinski definition) is 4. The summed E-state index contributed by atoms with van der Waals surface area (Å²) in [5, 5.41) is 3.45. The topological polar surface area (TPSA) is 73.2 Å². The Bertz CT molecular complexity index is 951. The zero-order chi connectivity index (χ0) is 19.2. The van der Waals surface area contributed by atoms with Crippen LogP contribution in [-0.4, -0.2) is 34.6 Å². The summed E-state index contributed by atoms with van der Waals surface area (Å²) < 4.78 is 6.90. The molecule has 7 heteroatoms. The highest BCUT2D eigenvalue weighted by Gasteiger charge is 2.14. The van der Waals surface area contributed by atoms with Crippen LogP contribution >= 0.6 is 11.6 Å². The zero-order valence-corrected chi connectivity index (χ0v) is 15.7. The van der Waals surface area contributed by atoms with Crippen LogP contribution in [0.1, 0.15) is 23.1 Å². The molecule has 3 rings (SSSR count). The summed E-state index contributed by atoms with van der Waals surface area (Å²) in [6.45, 7) is 2.59. The highest BCUT2D eigenvalue weighted by molar-refractivity contribution is 6.30. The third-order valence-electron chi connectivity index (χ3n) is 4.07. The number of rotatable bonds is 7. The number of nitrogens with one attached hydrogen (secondary N) is 1. The van der Waals surface area contributed by atoms with E-state index in [1.54, 1.807) is 31.2 Å². The molecule has 0 fully saturated rings. The summed E-state index contributed by atoms with van der Waals surface area (Å²) in [4.78, 5) is 28.8. The van der Waals surface area contributed by atoms with Crippen LogP contribution in [0.3, 0.4) is 0 Å². The standard InChI is InChI=1S/C20H20ClN3O3/c1-2-27-19(25)13-24-17-6-4-3-5-16(17)23-18(24)11-12-22-20(26)14-7-9-15(21)10-8-14/h3-10H,2,11-13H2,1H3,(H,22,26). The second kappa shape index (κ2) is 8.68. The molecule has 0 aliphatic heterocycles. The molecule has 1 amide bonds. The fourth-order valence-corrected chi connectivity index (χ4v) is 2.95. The lowest BCUT2D eigenvalue weighted by Crippen LogP contribution is -2.27. The van der Waals surface area contributed by atoms with Crippen molar-refractivity contribution in [1.82, 2.24) is 14.9 Å². The van der Waals surface area contributed by atoms with Crippen molar-refractivity contribution < 1.29 is 14.3 Å². The van der Waals surface area contributed by atoms with Gasteiger partial charge in [-0.1, -0.05) is 23.7 Å². The van der Waals surface area contributed by atoms with E-state index in [1.807, 2.05) is 28.8 Å². The molecule has 0 atom stereocenters. The Balaban J connectivity index is 1.71. The number of esters is 1. The third-order valence-corrected chi connectivity index (χ3v) is 4.32. The highest BCUT2D eigenvalue weighted by atomic mass is 35.5. The molecule has 27 heavy (non-hydrogen) atoms. The second-order valence-corrected chi connectivity index (χ2v) is 6.36. The Morgan fingerprint density at radius 1 is 1.15 bits per heavy atom. The Morgan fingerprint density at radius 2 is 1.89 bits per heavy atom. The lowest BCUT2D eigenvalue weighted by Gasteiger charge is -2.09. The van der Waals surface area contributed by atoms with Crippen LogP contribution in [0.2, 0.25) is 5.02 Å². The average Bonchev–Trinajstić information content (AvgIpc) is 3.00. The van der Waals surface area contributed by atoms with Crippen molar-refractivity contribution in [3.8, 4) is 0 Å². The first-order valence-electron chi connectivity index (χ1n) is 8.72. The molecule has 140 valence electrons. The summed E-state index contributed by atoms with van der Waals surface area (Å²) in [6.07, 6.45) is 0.493. The van der Waals surface area contributed by atoms with Crippen LogP contribution in [0.4, 0.5) is 0 Å². The SMILES string of the molecule is CCOC(=O)Cn1c(CCNC(=O)c2ccc(Cl)cc2)nc2ccccc21. The number of halogens is 1. The van der Waals surface area contributed by atoms with Crippen molar-refractivity contribution >= 4 is 34.5 Å². The predicted octanol–water partition coefficient (Wildman–Crippen LogP) is 3.23. The number of para-hydroxylation sites is 2. The summed E-state index contributed by atoms with van der Waals surface area (Å²) in [5.41, 5.74) is 2.21. The normalized spacial score (nSPS) is 10.7. The number of carbonyl (C=O) groups excluding carboxylic acids is 2. The number of nitrogens with zero attached hydrogens (tertiary/aromatic N) is 2. The summed E-state index contributed by atoms with van der Waals surface area (Å²) in [6, 6.07) is 14.3. The van der Waals surface area contributed by atoms with Gasteiger partial charge in [0.2, 0.25) is 0 Å². The Kier molecular flexibility index (Phi) is 6.08. The maximum atomic E-state index is 12.2. The quantitative estimate of drug-likeness (QED) is 0.634. The lowest BCUT2D eigenvalue weighted by molar-refractivity contribution is -0.143. The van der Waals surface area contributed by atoms with Crippen molar-refractivity contribution in [2.45, 2.75) is 19.9 Å². The van der Waals surface area contributed by atoms with E-state index in [4.69, 9.17) is 16.3 Å². The van der Waals surface area contributed by atoms with E-state index in [0.717, 1.165) is 16.9 Å². The van der Waals surface area contributed by atoms with Crippen LogP contribution in [0.25, 0.3) is 11.0 Å². The van der Waals surface area contributed by atoms with Crippen molar-refractivity contribution in [3.05, 3.63) is 64.9 Å². The number of benzene rings is 2. The van der Waals surface area contributed by atoms with E-state index in [1.165, 1.54) is 0 Å². The number of aromatic nitrogens is 2. The first-order valence-corrected chi connectivity index (χ1v) is 9.10. The number of amides is 1. The monoisotopic (exact) mass is 385 g/mol. The van der Waals surface area contributed by atoms with Crippen molar-refractivity contribution in [3.63, 3.8) is 0 Å². The molecule has 1 heterocycles. The molecule has 0 aliphatic rings. The van der Waals surface area contributed by atoms with E-state index in [2.05, 4.69) is 10.3 Å². The molecule has 2 aromatic carbocycles. The molecule has 1 aromatic heterocycles. The minimum atomic E-state index is -0.313. The van der Waals surface area contributed by atoms with Crippen LogP contribution in [0.5, 0.6) is 0 Å². The summed E-state index contributed by atoms with van der Waals surface area (Å²) in [7, 11) is 0. The predicted molar refractivity (Wildman–Crippen MR) is 104 cm³/mol. The van der Waals surface area contributed by atoms with Crippen LogP contribution < -0.4 is 5.32 Å². The molecule has 6 nitrogen and oxygen atoms in total. The fraction of sp³-hybridized carbons (Fsp3) is 0.250. The highest BCUT2D eigenvalue weighted by Crippen LogP contribution is 2.16. The molecule has 0 saturated heterocycles. The Hall–Kier alpha value is -2.86. The molecule has 3 aromatic rings. The van der Waals surface area contributed by atoms with Gasteiger partial charge < -0.3 is 14.6 Å². The molecular formula is C20H20ClN3O3. The van der Waals surface area contributed by atoms with E-state index in [9.17, 15) is 9.59 Å². The van der Waals surface area contributed by atoms with E-state index in [0.29, 0.717) is 30.2 Å². The van der Waals surface area contributed by atoms with Crippen LogP contribution in [0.15, 0.2) is 48.5 Å². The smallest absolute Gasteiger partial charge is 0.326 e. The number of hydrogen-bond donors (Lipinski definition) is 1. The molecule has 0 unspecified atom stereocenters.